The lowest BCUT2D eigenvalue weighted by molar-refractivity contribution is -0.913. The standard InChI is InChI=1S/C15H21N7O2S/c1-2-21-5-3-10-11(9-21)25-14-12(10)13(16-4-7-24-8-6-23)17-15-18-19-20-22(14)15/h23H,2-9H2,1H3,(H,16,17,18,20)/p+1. The van der Waals surface area contributed by atoms with Gasteiger partial charge in [0.2, 0.25) is 0 Å². The molecule has 4 rings (SSSR count). The molecule has 0 radical (unpaired) electrons. The van der Waals surface area contributed by atoms with Crippen LogP contribution in [0.2, 0.25) is 0 Å². The number of hydrogen-bond acceptors (Lipinski definition) is 8. The van der Waals surface area contributed by atoms with Crippen LogP contribution in [0.25, 0.3) is 16.0 Å². The van der Waals surface area contributed by atoms with E-state index in [-0.39, 0.29) is 6.61 Å². The maximum Gasteiger partial charge on any atom is 0.276 e. The molecule has 25 heavy (non-hydrogen) atoms. The zero-order valence-corrected chi connectivity index (χ0v) is 15.0. The quantitative estimate of drug-likeness (QED) is 0.468. The number of nitrogens with zero attached hydrogens (tertiary/aromatic N) is 5. The number of aromatic nitrogens is 5. The van der Waals surface area contributed by atoms with E-state index in [4.69, 9.17) is 9.84 Å². The molecule has 10 heteroatoms. The summed E-state index contributed by atoms with van der Waals surface area (Å²) in [5.41, 5.74) is 1.38. The monoisotopic (exact) mass is 364 g/mol. The van der Waals surface area contributed by atoms with E-state index in [0.29, 0.717) is 25.5 Å². The first kappa shape index (κ1) is 16.6. The average Bonchev–Trinajstić information content (AvgIpc) is 3.24. The van der Waals surface area contributed by atoms with Crippen molar-refractivity contribution in [2.45, 2.75) is 19.9 Å². The first-order chi connectivity index (χ1) is 12.3. The Bertz CT molecular complexity index is 878. The molecular weight excluding hydrogens is 342 g/mol. The summed E-state index contributed by atoms with van der Waals surface area (Å²) in [5, 5.41) is 25.2. The number of thiophene rings is 1. The minimum Gasteiger partial charge on any atom is -0.394 e. The second-order valence-electron chi connectivity index (χ2n) is 6.08. The second kappa shape index (κ2) is 7.16. The van der Waals surface area contributed by atoms with Crippen molar-refractivity contribution in [2.24, 2.45) is 0 Å². The average molecular weight is 364 g/mol. The molecule has 1 atom stereocenters. The van der Waals surface area contributed by atoms with Gasteiger partial charge in [0.25, 0.3) is 5.78 Å². The van der Waals surface area contributed by atoms with E-state index in [1.807, 2.05) is 0 Å². The van der Waals surface area contributed by atoms with Gasteiger partial charge < -0.3 is 20.1 Å². The number of anilines is 1. The van der Waals surface area contributed by atoms with E-state index in [2.05, 4.69) is 32.7 Å². The molecule has 0 bridgehead atoms. The summed E-state index contributed by atoms with van der Waals surface area (Å²) in [6.45, 7) is 7.08. The number of aliphatic hydroxyl groups is 1. The zero-order valence-electron chi connectivity index (χ0n) is 14.2. The summed E-state index contributed by atoms with van der Waals surface area (Å²) >= 11 is 1.77. The maximum atomic E-state index is 8.78. The van der Waals surface area contributed by atoms with Crippen LogP contribution in [0.3, 0.4) is 0 Å². The van der Waals surface area contributed by atoms with E-state index in [1.54, 1.807) is 20.8 Å². The molecule has 3 N–H and O–H groups in total. The van der Waals surface area contributed by atoms with Crippen LogP contribution in [0.5, 0.6) is 0 Å². The Morgan fingerprint density at radius 2 is 2.32 bits per heavy atom. The van der Waals surface area contributed by atoms with Gasteiger partial charge in [0.1, 0.15) is 17.2 Å². The third kappa shape index (κ3) is 3.06. The Balaban J connectivity index is 1.71. The molecule has 3 aromatic rings. The smallest absolute Gasteiger partial charge is 0.276 e. The number of nitrogens with one attached hydrogen (secondary N) is 2. The summed E-state index contributed by atoms with van der Waals surface area (Å²) in [7, 11) is 0. The van der Waals surface area contributed by atoms with Crippen LogP contribution in [0, 0.1) is 0 Å². The minimum absolute atomic E-state index is 0.0359. The molecule has 0 amide bonds. The molecule has 0 saturated heterocycles. The molecule has 1 unspecified atom stereocenters. The molecule has 1 aliphatic heterocycles. The highest BCUT2D eigenvalue weighted by Crippen LogP contribution is 2.36. The number of hydrogen-bond donors (Lipinski definition) is 3. The van der Waals surface area contributed by atoms with E-state index in [0.717, 1.165) is 42.1 Å². The SMILES string of the molecule is CC[NH+]1CCc2c(sc3c2c(NCCOCCO)nc2nnnn23)C1. The largest absolute Gasteiger partial charge is 0.394 e. The molecule has 4 heterocycles. The Hall–Kier alpha value is -1.88. The lowest BCUT2D eigenvalue weighted by Crippen LogP contribution is -3.11. The normalized spacial score (nSPS) is 17.3. The number of ether oxygens (including phenoxy) is 1. The van der Waals surface area contributed by atoms with E-state index >= 15 is 0 Å². The van der Waals surface area contributed by atoms with Crippen molar-refractivity contribution >= 4 is 33.1 Å². The fourth-order valence-electron chi connectivity index (χ4n) is 3.29. The Kier molecular flexibility index (Phi) is 4.75. The molecule has 3 aromatic heterocycles. The fraction of sp³-hybridized carbons (Fsp3) is 0.600. The van der Waals surface area contributed by atoms with Crippen molar-refractivity contribution in [3.05, 3.63) is 10.4 Å². The number of quaternary nitrogens is 1. The van der Waals surface area contributed by atoms with Crippen molar-refractivity contribution < 1.29 is 14.7 Å². The van der Waals surface area contributed by atoms with Gasteiger partial charge in [-0.15, -0.1) is 11.3 Å². The molecule has 0 aliphatic carbocycles. The number of rotatable bonds is 7. The molecule has 0 fully saturated rings. The van der Waals surface area contributed by atoms with Crippen molar-refractivity contribution in [3.63, 3.8) is 0 Å². The molecule has 0 spiro atoms. The van der Waals surface area contributed by atoms with Crippen LogP contribution in [-0.4, -0.2) is 69.6 Å². The highest BCUT2D eigenvalue weighted by molar-refractivity contribution is 7.19. The fourth-order valence-corrected chi connectivity index (χ4v) is 4.66. The molecular formula is C15H22N7O2S+. The summed E-state index contributed by atoms with van der Waals surface area (Å²) in [5.74, 6) is 1.33. The molecule has 1 aliphatic rings. The Labute approximate surface area is 148 Å². The van der Waals surface area contributed by atoms with Gasteiger partial charge in [-0.2, -0.15) is 9.50 Å². The van der Waals surface area contributed by atoms with E-state index in [1.165, 1.54) is 10.4 Å². The zero-order chi connectivity index (χ0) is 17.2. The molecule has 9 nitrogen and oxygen atoms in total. The predicted octanol–water partition coefficient (Wildman–Crippen LogP) is -0.884. The Morgan fingerprint density at radius 3 is 3.16 bits per heavy atom. The molecule has 134 valence electrons. The van der Waals surface area contributed by atoms with Gasteiger partial charge in [-0.05, 0) is 22.9 Å². The van der Waals surface area contributed by atoms with Crippen molar-refractivity contribution in [1.29, 1.82) is 0 Å². The summed E-state index contributed by atoms with van der Waals surface area (Å²) in [6, 6.07) is 0. The molecule has 0 saturated carbocycles. The van der Waals surface area contributed by atoms with Crippen LogP contribution in [0.15, 0.2) is 0 Å². The Morgan fingerprint density at radius 1 is 1.40 bits per heavy atom. The van der Waals surface area contributed by atoms with Gasteiger partial charge in [0.05, 0.1) is 43.2 Å². The summed E-state index contributed by atoms with van der Waals surface area (Å²) in [6.07, 6.45) is 1.05. The van der Waals surface area contributed by atoms with Crippen LogP contribution in [-0.2, 0) is 17.7 Å². The number of aliphatic hydroxyl groups excluding tert-OH is 1. The summed E-state index contributed by atoms with van der Waals surface area (Å²) < 4.78 is 7.06. The number of tetrazole rings is 1. The second-order valence-corrected chi connectivity index (χ2v) is 7.16. The highest BCUT2D eigenvalue weighted by Gasteiger charge is 2.26. The van der Waals surface area contributed by atoms with Gasteiger partial charge in [0, 0.05) is 13.0 Å². The topological polar surface area (TPSA) is 102 Å². The van der Waals surface area contributed by atoms with Crippen molar-refractivity contribution in [1.82, 2.24) is 25.0 Å². The first-order valence-corrected chi connectivity index (χ1v) is 9.41. The minimum atomic E-state index is 0.0359. The third-order valence-corrected chi connectivity index (χ3v) is 5.79. The van der Waals surface area contributed by atoms with Gasteiger partial charge >= 0.3 is 0 Å². The van der Waals surface area contributed by atoms with Gasteiger partial charge in [-0.1, -0.05) is 5.10 Å². The van der Waals surface area contributed by atoms with Crippen molar-refractivity contribution in [3.8, 4) is 0 Å². The van der Waals surface area contributed by atoms with Gasteiger partial charge in [0.15, 0.2) is 0 Å². The van der Waals surface area contributed by atoms with Crippen LogP contribution in [0.1, 0.15) is 17.4 Å². The lowest BCUT2D eigenvalue weighted by Gasteiger charge is -2.22. The van der Waals surface area contributed by atoms with Gasteiger partial charge in [-0.25, -0.2) is 0 Å². The van der Waals surface area contributed by atoms with Gasteiger partial charge in [-0.3, -0.25) is 0 Å². The van der Waals surface area contributed by atoms with E-state index < -0.39 is 0 Å². The summed E-state index contributed by atoms with van der Waals surface area (Å²) in [4.78, 5) is 8.67. The number of likely N-dealkylation sites (N-methyl/N-ethyl adjacent to an activating group) is 1. The highest BCUT2D eigenvalue weighted by atomic mass is 32.1. The first-order valence-electron chi connectivity index (χ1n) is 8.60. The molecule has 0 aromatic carbocycles. The number of fused-ring (bicyclic) bond motifs is 5. The van der Waals surface area contributed by atoms with Crippen LogP contribution >= 0.6 is 11.3 Å². The van der Waals surface area contributed by atoms with E-state index in [9.17, 15) is 0 Å². The predicted molar refractivity (Wildman–Crippen MR) is 94.1 cm³/mol. The van der Waals surface area contributed by atoms with Crippen LogP contribution < -0.4 is 10.2 Å². The lowest BCUT2D eigenvalue weighted by atomic mass is 10.1. The maximum absolute atomic E-state index is 8.78. The van der Waals surface area contributed by atoms with Crippen molar-refractivity contribution in [2.75, 3.05) is 44.8 Å². The van der Waals surface area contributed by atoms with Crippen LogP contribution in [0.4, 0.5) is 5.82 Å². The third-order valence-electron chi connectivity index (χ3n) is 4.58.